The van der Waals surface area contributed by atoms with Gasteiger partial charge in [-0.25, -0.2) is 9.97 Å². The van der Waals surface area contributed by atoms with Gasteiger partial charge in [0.2, 0.25) is 5.95 Å². The molecule has 0 spiro atoms. The van der Waals surface area contributed by atoms with E-state index in [1.165, 1.54) is 11.1 Å². The van der Waals surface area contributed by atoms with Crippen LogP contribution >= 0.6 is 0 Å². The van der Waals surface area contributed by atoms with Crippen LogP contribution in [0.5, 0.6) is 23.0 Å². The molecule has 10 rings (SSSR count). The second-order valence-electron chi connectivity index (χ2n) is 18.0. The molecule has 10 aromatic rings. The third kappa shape index (κ3) is 10.8. The van der Waals surface area contributed by atoms with E-state index in [0.717, 1.165) is 90.5 Å². The number of pyridine rings is 2. The Morgan fingerprint density at radius 1 is 0.478 bits per heavy atom. The van der Waals surface area contributed by atoms with E-state index < -0.39 is 0 Å². The molecule has 0 aliphatic rings. The van der Waals surface area contributed by atoms with Gasteiger partial charge >= 0.3 is 40.8 Å². The molecule has 0 saturated carbocycles. The SMILES string of the molecule is Cc1cc(-c2[c-]c(Oc3[c-]c4c(cc3)c3ccc(Oc5[c-]c(-c6cc(C)c(-c7ccc(CC(C)C)cc7)cn6)ccc5)[c-]c3n4-c3ncccn3)ccc2)ncc1-c1ccc(CC(C)C)cc1.[Pd+2].[Pd+2]. The number of benzene rings is 6. The smallest absolute Gasteiger partial charge is 0.503 e. The Morgan fingerprint density at radius 3 is 1.30 bits per heavy atom. The van der Waals surface area contributed by atoms with Crippen molar-refractivity contribution >= 4 is 21.8 Å². The van der Waals surface area contributed by atoms with Gasteiger partial charge in [-0.05, 0) is 89.4 Å². The van der Waals surface area contributed by atoms with Crippen LogP contribution in [-0.4, -0.2) is 24.5 Å². The van der Waals surface area contributed by atoms with Crippen LogP contribution in [0.3, 0.4) is 0 Å². The Morgan fingerprint density at radius 2 is 0.899 bits per heavy atom. The monoisotopic (exact) mass is 1080 g/mol. The summed E-state index contributed by atoms with van der Waals surface area (Å²) in [5, 5.41) is 1.88. The fourth-order valence-electron chi connectivity index (χ4n) is 8.70. The minimum Gasteiger partial charge on any atom is -0.503 e. The molecule has 0 amide bonds. The summed E-state index contributed by atoms with van der Waals surface area (Å²) in [6.45, 7) is 13.2. The Kier molecular flexibility index (Phi) is 15.1. The fraction of sp³-hybridized carbons (Fsp3) is 0.167. The van der Waals surface area contributed by atoms with Crippen LogP contribution < -0.4 is 9.47 Å². The summed E-state index contributed by atoms with van der Waals surface area (Å²) >= 11 is 0. The van der Waals surface area contributed by atoms with E-state index >= 15 is 0 Å². The number of fused-ring (bicyclic) bond motifs is 3. The first kappa shape index (κ1) is 48.9. The molecule has 0 bridgehead atoms. The van der Waals surface area contributed by atoms with Gasteiger partial charge in [0.15, 0.2) is 0 Å². The van der Waals surface area contributed by atoms with Crippen molar-refractivity contribution in [2.24, 2.45) is 11.8 Å². The van der Waals surface area contributed by atoms with Crippen molar-refractivity contribution in [1.82, 2.24) is 24.5 Å². The summed E-state index contributed by atoms with van der Waals surface area (Å²) < 4.78 is 14.9. The van der Waals surface area contributed by atoms with Crippen LogP contribution in [0.4, 0.5) is 0 Å². The average molecular weight is 1080 g/mol. The molecule has 0 saturated heterocycles. The van der Waals surface area contributed by atoms with E-state index in [2.05, 4.69) is 136 Å². The van der Waals surface area contributed by atoms with E-state index in [0.29, 0.717) is 40.8 Å². The number of ether oxygens (including phenoxy) is 2. The van der Waals surface area contributed by atoms with Crippen molar-refractivity contribution < 1.29 is 50.3 Å². The first-order valence-electron chi connectivity index (χ1n) is 22.8. The minimum absolute atomic E-state index is 0. The minimum atomic E-state index is 0. The Bertz CT molecular complexity index is 3180. The molecule has 0 radical (unpaired) electrons. The number of hydrogen-bond acceptors (Lipinski definition) is 6. The van der Waals surface area contributed by atoms with Gasteiger partial charge in [-0.1, -0.05) is 112 Å². The molecule has 7 nitrogen and oxygen atoms in total. The molecule has 0 aliphatic carbocycles. The van der Waals surface area contributed by atoms with E-state index in [1.54, 1.807) is 18.5 Å². The molecule has 0 fully saturated rings. The van der Waals surface area contributed by atoms with Crippen LogP contribution in [0.25, 0.3) is 72.5 Å². The molecule has 0 aliphatic heterocycles. The normalized spacial score (nSPS) is 11.2. The standard InChI is InChI=1S/C60H49N5O2.2Pd/c1-38(2)28-42-14-18-44(19-15-42)54-36-63-56(30-40(54)5)46-10-7-12-48(32-46)66-50-22-24-52-53-25-23-51(35-59(53)65(58(52)34-50)60-61-26-9-27-62-60)67-49-13-8-11-47(33-49)57-31-41(6)55(37-64-57)45-20-16-43(17-21-45)29-39(3)4;;/h7-27,30-31,36-39H,28-29H2,1-6H3;;/q-4;2*+2. The van der Waals surface area contributed by atoms with Crippen molar-refractivity contribution in [2.45, 2.75) is 54.4 Å². The van der Waals surface area contributed by atoms with Gasteiger partial charge in [-0.3, -0.25) is 0 Å². The summed E-state index contributed by atoms with van der Waals surface area (Å²) in [7, 11) is 0. The van der Waals surface area contributed by atoms with E-state index in [1.807, 2.05) is 77.6 Å². The zero-order chi connectivity index (χ0) is 46.0. The summed E-state index contributed by atoms with van der Waals surface area (Å²) in [5.74, 6) is 3.83. The molecule has 0 N–H and O–H groups in total. The van der Waals surface area contributed by atoms with Crippen molar-refractivity contribution in [1.29, 1.82) is 0 Å². The molecule has 4 aromatic heterocycles. The molecule has 346 valence electrons. The Balaban J connectivity index is 0.00000321. The number of rotatable bonds is 13. The Hall–Kier alpha value is -6.58. The zero-order valence-electron chi connectivity index (χ0n) is 39.2. The van der Waals surface area contributed by atoms with Gasteiger partial charge in [0.1, 0.15) is 0 Å². The molecule has 0 atom stereocenters. The van der Waals surface area contributed by atoms with Crippen molar-refractivity contribution in [3.8, 4) is 73.7 Å². The number of aromatic nitrogens is 5. The first-order valence-corrected chi connectivity index (χ1v) is 22.8. The van der Waals surface area contributed by atoms with Crippen molar-refractivity contribution in [3.63, 3.8) is 0 Å². The first-order chi connectivity index (χ1) is 32.6. The number of aryl methyl sites for hydroxylation is 2. The van der Waals surface area contributed by atoms with Crippen LogP contribution in [0.2, 0.25) is 0 Å². The van der Waals surface area contributed by atoms with Crippen molar-refractivity contribution in [2.75, 3.05) is 0 Å². The maximum Gasteiger partial charge on any atom is 2.00 e. The topological polar surface area (TPSA) is 75.0 Å². The zero-order valence-corrected chi connectivity index (χ0v) is 42.3. The molecule has 6 aromatic carbocycles. The van der Waals surface area contributed by atoms with Gasteiger partial charge in [0, 0.05) is 58.9 Å². The van der Waals surface area contributed by atoms with Gasteiger partial charge in [-0.15, -0.1) is 71.8 Å². The third-order valence-electron chi connectivity index (χ3n) is 11.9. The molecular formula is C60H49N5O2Pd2. The summed E-state index contributed by atoms with van der Waals surface area (Å²) in [4.78, 5) is 19.0. The van der Waals surface area contributed by atoms with Crippen LogP contribution in [-0.2, 0) is 53.7 Å². The van der Waals surface area contributed by atoms with Crippen molar-refractivity contribution in [3.05, 3.63) is 199 Å². The summed E-state index contributed by atoms with van der Waals surface area (Å²) in [5.41, 5.74) is 14.3. The van der Waals surface area contributed by atoms with E-state index in [9.17, 15) is 0 Å². The maximum atomic E-state index is 6.46. The quantitative estimate of drug-likeness (QED) is 0.0846. The second-order valence-corrected chi connectivity index (χ2v) is 18.0. The van der Waals surface area contributed by atoms with Gasteiger partial charge in [-0.2, -0.15) is 22.9 Å². The maximum absolute atomic E-state index is 6.46. The molecule has 9 heteroatoms. The fourth-order valence-corrected chi connectivity index (χ4v) is 8.70. The number of hydrogen-bond donors (Lipinski definition) is 0. The van der Waals surface area contributed by atoms with E-state index in [4.69, 9.17) is 19.4 Å². The predicted octanol–water partition coefficient (Wildman–Crippen LogP) is 14.8. The average Bonchev–Trinajstić information content (AvgIpc) is 3.65. The molecule has 69 heavy (non-hydrogen) atoms. The van der Waals surface area contributed by atoms with Gasteiger partial charge in [0.25, 0.3) is 0 Å². The second kappa shape index (κ2) is 21.4. The van der Waals surface area contributed by atoms with Crippen LogP contribution in [0, 0.1) is 49.9 Å². The van der Waals surface area contributed by atoms with Gasteiger partial charge in [0.05, 0.1) is 0 Å². The van der Waals surface area contributed by atoms with Crippen LogP contribution in [0.1, 0.15) is 49.9 Å². The molecular weight excluding hydrogens is 1040 g/mol. The van der Waals surface area contributed by atoms with Crippen LogP contribution in [0.15, 0.2) is 152 Å². The Labute approximate surface area is 432 Å². The molecule has 4 heterocycles. The van der Waals surface area contributed by atoms with E-state index in [-0.39, 0.29) is 40.8 Å². The summed E-state index contributed by atoms with van der Waals surface area (Å²) in [6.07, 6.45) is 9.47. The largest absolute Gasteiger partial charge is 2.00 e. The van der Waals surface area contributed by atoms with Gasteiger partial charge < -0.3 is 24.0 Å². The third-order valence-corrected chi connectivity index (χ3v) is 11.9. The number of nitrogens with zero attached hydrogens (tertiary/aromatic N) is 5. The summed E-state index contributed by atoms with van der Waals surface area (Å²) in [6, 6.07) is 57.1. The predicted molar refractivity (Wildman–Crippen MR) is 269 cm³/mol. The molecule has 0 unspecified atom stereocenters.